The predicted molar refractivity (Wildman–Crippen MR) is 186 cm³/mol. The van der Waals surface area contributed by atoms with E-state index >= 15 is 0 Å². The fourth-order valence-electron chi connectivity index (χ4n) is 7.23. The summed E-state index contributed by atoms with van der Waals surface area (Å²) in [5.74, 6) is 2.05. The molecule has 0 bridgehead atoms. The largest absolute Gasteiger partial charge is 0.494 e. The standard InChI is InChI=1S/C36H37N7O2S/c1-4-34(44)38-28-14-29(32(45-3)15-31(28)42-19-22-17-41(2)18-23(22)20-42)39-36-37-16-26(33-10-7-13-46-33)35(40-36)27-21-43(24-11-12-24)30-9-6-5-8-25(27)30/h4-10,13-16,21-24H,1,11-12,17-20H2,2-3H3,(H,38,44)(H,37,39,40)/t22-,23+. The topological polar surface area (TPSA) is 87.5 Å². The molecule has 8 rings (SSSR count). The van der Waals surface area contributed by atoms with E-state index in [9.17, 15) is 4.79 Å². The molecule has 46 heavy (non-hydrogen) atoms. The Morgan fingerprint density at radius 1 is 1.04 bits per heavy atom. The van der Waals surface area contributed by atoms with Crippen LogP contribution >= 0.6 is 11.3 Å². The Morgan fingerprint density at radius 2 is 1.85 bits per heavy atom. The quantitative estimate of drug-likeness (QED) is 0.169. The van der Waals surface area contributed by atoms with Crippen molar-refractivity contribution >= 4 is 51.2 Å². The van der Waals surface area contributed by atoms with Gasteiger partial charge < -0.3 is 29.7 Å². The molecule has 3 aliphatic rings. The molecule has 9 nitrogen and oxygen atoms in total. The maximum atomic E-state index is 12.6. The number of carbonyl (C=O) groups excluding carboxylic acids is 1. The molecule has 2 atom stereocenters. The molecule has 3 fully saturated rings. The zero-order valence-corrected chi connectivity index (χ0v) is 26.9. The molecule has 1 aliphatic carbocycles. The molecule has 2 saturated heterocycles. The molecule has 5 heterocycles. The highest BCUT2D eigenvalue weighted by Gasteiger charge is 2.39. The van der Waals surface area contributed by atoms with Crippen molar-refractivity contribution in [3.63, 3.8) is 0 Å². The smallest absolute Gasteiger partial charge is 0.247 e. The van der Waals surface area contributed by atoms with Gasteiger partial charge in [-0.25, -0.2) is 9.97 Å². The first-order chi connectivity index (χ1) is 22.5. The van der Waals surface area contributed by atoms with E-state index in [4.69, 9.17) is 14.7 Å². The Bertz CT molecular complexity index is 1930. The zero-order chi connectivity index (χ0) is 31.4. The van der Waals surface area contributed by atoms with Gasteiger partial charge in [0, 0.05) is 77.6 Å². The summed E-state index contributed by atoms with van der Waals surface area (Å²) < 4.78 is 8.32. The summed E-state index contributed by atoms with van der Waals surface area (Å²) >= 11 is 1.68. The second kappa shape index (κ2) is 11.6. The monoisotopic (exact) mass is 631 g/mol. The van der Waals surface area contributed by atoms with Crippen LogP contribution in [-0.4, -0.2) is 65.7 Å². The van der Waals surface area contributed by atoms with Crippen molar-refractivity contribution in [1.82, 2.24) is 19.4 Å². The number of rotatable bonds is 9. The van der Waals surface area contributed by atoms with Crippen molar-refractivity contribution in [2.45, 2.75) is 18.9 Å². The third kappa shape index (κ3) is 5.21. The van der Waals surface area contributed by atoms with Gasteiger partial charge >= 0.3 is 0 Å². The van der Waals surface area contributed by atoms with Gasteiger partial charge in [-0.15, -0.1) is 11.3 Å². The molecule has 2 N–H and O–H groups in total. The molecule has 1 amide bonds. The number of aromatic nitrogens is 3. The van der Waals surface area contributed by atoms with Crippen molar-refractivity contribution in [2.24, 2.45) is 11.8 Å². The maximum Gasteiger partial charge on any atom is 0.247 e. The van der Waals surface area contributed by atoms with E-state index in [1.807, 2.05) is 18.3 Å². The number of nitrogens with zero attached hydrogens (tertiary/aromatic N) is 5. The molecular weight excluding hydrogens is 595 g/mol. The lowest BCUT2D eigenvalue weighted by Crippen LogP contribution is -2.27. The lowest BCUT2D eigenvalue weighted by atomic mass is 10.0. The van der Waals surface area contributed by atoms with Gasteiger partial charge in [-0.05, 0) is 61.4 Å². The summed E-state index contributed by atoms with van der Waals surface area (Å²) in [7, 11) is 3.85. The molecule has 0 radical (unpaired) electrons. The Balaban J connectivity index is 1.20. The van der Waals surface area contributed by atoms with Gasteiger partial charge in [0.15, 0.2) is 0 Å². The fourth-order valence-corrected chi connectivity index (χ4v) is 7.97. The van der Waals surface area contributed by atoms with Crippen LogP contribution in [0.15, 0.2) is 79.0 Å². The van der Waals surface area contributed by atoms with Crippen molar-refractivity contribution in [2.75, 3.05) is 55.9 Å². The first-order valence-corrected chi connectivity index (χ1v) is 16.7. The Morgan fingerprint density at radius 3 is 2.57 bits per heavy atom. The zero-order valence-electron chi connectivity index (χ0n) is 26.1. The van der Waals surface area contributed by atoms with Crippen molar-refractivity contribution in [3.8, 4) is 27.4 Å². The number of thiophene rings is 1. The van der Waals surface area contributed by atoms with Gasteiger partial charge in [0.25, 0.3) is 0 Å². The second-order valence-electron chi connectivity index (χ2n) is 12.7. The van der Waals surface area contributed by atoms with Gasteiger partial charge in [0.2, 0.25) is 11.9 Å². The Hall–Kier alpha value is -4.67. The average molecular weight is 632 g/mol. The summed E-state index contributed by atoms with van der Waals surface area (Å²) in [6, 6.07) is 17.2. The number of fused-ring (bicyclic) bond motifs is 2. The molecule has 234 valence electrons. The number of para-hydroxylation sites is 1. The molecule has 10 heteroatoms. The van der Waals surface area contributed by atoms with Crippen LogP contribution in [0.1, 0.15) is 18.9 Å². The number of anilines is 4. The van der Waals surface area contributed by atoms with E-state index in [2.05, 4.69) is 86.6 Å². The number of hydrogen-bond donors (Lipinski definition) is 2. The minimum Gasteiger partial charge on any atom is -0.494 e. The number of carbonyl (C=O) groups is 1. The molecule has 0 unspecified atom stereocenters. The first-order valence-electron chi connectivity index (χ1n) is 15.9. The number of benzene rings is 2. The SMILES string of the molecule is C=CC(=O)Nc1cc(Nc2ncc(-c3cccs3)c(-c3cn(C4CC4)c4ccccc34)n2)c(OC)cc1N1C[C@H]2CN(C)C[C@H]2C1. The van der Waals surface area contributed by atoms with Crippen molar-refractivity contribution in [3.05, 3.63) is 79.0 Å². The lowest BCUT2D eigenvalue weighted by Gasteiger charge is -2.26. The van der Waals surface area contributed by atoms with Crippen LogP contribution in [0.5, 0.6) is 5.75 Å². The van der Waals surface area contributed by atoms with Crippen LogP contribution in [0.25, 0.3) is 32.6 Å². The van der Waals surface area contributed by atoms with Gasteiger partial charge in [-0.1, -0.05) is 30.8 Å². The number of methoxy groups -OCH3 is 1. The highest BCUT2D eigenvalue weighted by Crippen LogP contribution is 2.45. The summed E-state index contributed by atoms with van der Waals surface area (Å²) in [4.78, 5) is 28.4. The number of hydrogen-bond acceptors (Lipinski definition) is 8. The van der Waals surface area contributed by atoms with E-state index in [0.29, 0.717) is 41.0 Å². The number of likely N-dealkylation sites (tertiary alicyclic amines) is 1. The van der Waals surface area contributed by atoms with Crippen molar-refractivity contribution in [1.29, 1.82) is 0 Å². The summed E-state index contributed by atoms with van der Waals surface area (Å²) in [6.07, 6.45) is 7.85. The molecular formula is C36H37N7O2S. The van der Waals surface area contributed by atoms with Crippen LogP contribution in [0.3, 0.4) is 0 Å². The minimum absolute atomic E-state index is 0.262. The molecule has 3 aromatic heterocycles. The highest BCUT2D eigenvalue weighted by molar-refractivity contribution is 7.13. The Labute approximate surface area is 272 Å². The highest BCUT2D eigenvalue weighted by atomic mass is 32.1. The second-order valence-corrected chi connectivity index (χ2v) is 13.6. The maximum absolute atomic E-state index is 12.6. The van der Waals surface area contributed by atoms with E-state index < -0.39 is 0 Å². The molecule has 0 spiro atoms. The van der Waals surface area contributed by atoms with Gasteiger partial charge in [-0.3, -0.25) is 4.79 Å². The third-order valence-corrected chi connectivity index (χ3v) is 10.4. The van der Waals surface area contributed by atoms with Gasteiger partial charge in [-0.2, -0.15) is 0 Å². The van der Waals surface area contributed by atoms with Gasteiger partial charge in [0.1, 0.15) is 5.75 Å². The third-order valence-electron chi connectivity index (χ3n) is 9.53. The molecule has 5 aromatic rings. The van der Waals surface area contributed by atoms with Crippen LogP contribution in [-0.2, 0) is 4.79 Å². The summed E-state index contributed by atoms with van der Waals surface area (Å²) in [5.41, 5.74) is 6.48. The van der Waals surface area contributed by atoms with Crippen LogP contribution in [0.4, 0.5) is 23.0 Å². The van der Waals surface area contributed by atoms with Crippen molar-refractivity contribution < 1.29 is 9.53 Å². The summed E-state index contributed by atoms with van der Waals surface area (Å²) in [6.45, 7) is 7.73. The van der Waals surface area contributed by atoms with E-state index in [1.54, 1.807) is 18.4 Å². The molecule has 2 aliphatic heterocycles. The predicted octanol–water partition coefficient (Wildman–Crippen LogP) is 7.04. The van der Waals surface area contributed by atoms with E-state index in [-0.39, 0.29) is 5.91 Å². The van der Waals surface area contributed by atoms with E-state index in [1.165, 1.54) is 29.8 Å². The Kier molecular flexibility index (Phi) is 7.26. The minimum atomic E-state index is -0.262. The van der Waals surface area contributed by atoms with E-state index in [0.717, 1.165) is 53.6 Å². The number of nitrogens with one attached hydrogen (secondary N) is 2. The number of amides is 1. The number of ether oxygens (including phenoxy) is 1. The van der Waals surface area contributed by atoms with Crippen LogP contribution in [0.2, 0.25) is 0 Å². The fraction of sp³-hybridized carbons (Fsp3) is 0.306. The average Bonchev–Trinajstić information content (AvgIpc) is 3.36. The van der Waals surface area contributed by atoms with Crippen LogP contribution < -0.4 is 20.3 Å². The molecule has 1 saturated carbocycles. The normalized spacial score (nSPS) is 19.4. The van der Waals surface area contributed by atoms with Crippen LogP contribution in [0, 0.1) is 11.8 Å². The molecule has 2 aromatic carbocycles. The summed E-state index contributed by atoms with van der Waals surface area (Å²) in [5, 5.41) is 9.74. The lowest BCUT2D eigenvalue weighted by molar-refractivity contribution is -0.111. The first kappa shape index (κ1) is 28.8. The van der Waals surface area contributed by atoms with Gasteiger partial charge in [0.05, 0.1) is 29.9 Å².